The van der Waals surface area contributed by atoms with Crippen LogP contribution in [0.4, 0.5) is 13.2 Å². The van der Waals surface area contributed by atoms with E-state index in [1.807, 2.05) is 5.32 Å². The minimum absolute atomic E-state index is 0.578. The van der Waals surface area contributed by atoms with Gasteiger partial charge in [-0.3, -0.25) is 14.4 Å². The Morgan fingerprint density at radius 2 is 1.39 bits per heavy atom. The van der Waals surface area contributed by atoms with Crippen molar-refractivity contribution in [1.29, 1.82) is 0 Å². The van der Waals surface area contributed by atoms with Crippen LogP contribution in [-0.4, -0.2) is 105 Å². The van der Waals surface area contributed by atoms with E-state index in [0.29, 0.717) is 0 Å². The number of carbonyl (C=O) groups is 5. The number of alkyl halides is 3. The molecule has 0 saturated heterocycles. The molecule has 0 aliphatic heterocycles. The Morgan fingerprint density at radius 3 is 1.71 bits per heavy atom. The van der Waals surface area contributed by atoms with Gasteiger partial charge in [0.1, 0.15) is 18.1 Å². The number of hydrogen-bond donors (Lipinski definition) is 9. The Morgan fingerprint density at radius 1 is 0.935 bits per heavy atom. The summed E-state index contributed by atoms with van der Waals surface area (Å²) in [5.41, 5.74) is 5.34. The van der Waals surface area contributed by atoms with Gasteiger partial charge < -0.3 is 47.2 Å². The predicted molar refractivity (Wildman–Crippen MR) is 92.0 cm³/mol. The van der Waals surface area contributed by atoms with Crippen LogP contribution in [0.2, 0.25) is 0 Å². The summed E-state index contributed by atoms with van der Waals surface area (Å²) in [6.45, 7) is -1.00. The molecule has 0 aliphatic rings. The molecule has 0 unspecified atom stereocenters. The second kappa shape index (κ2) is 14.1. The zero-order chi connectivity index (χ0) is 24.9. The van der Waals surface area contributed by atoms with Crippen molar-refractivity contribution in [2.75, 3.05) is 19.8 Å². The molecule has 0 fully saturated rings. The molecular formula is C14H23F3N4O10. The summed E-state index contributed by atoms with van der Waals surface area (Å²) in [5, 5.41) is 48.9. The summed E-state index contributed by atoms with van der Waals surface area (Å²) in [6.07, 6.45) is -6.21. The smallest absolute Gasteiger partial charge is 0.480 e. The third-order valence-corrected chi connectivity index (χ3v) is 3.12. The fraction of sp³-hybridized carbons (Fsp3) is 0.643. The van der Waals surface area contributed by atoms with E-state index >= 15 is 0 Å². The minimum Gasteiger partial charge on any atom is -0.480 e. The van der Waals surface area contributed by atoms with Gasteiger partial charge in [0, 0.05) is 0 Å². The summed E-state index contributed by atoms with van der Waals surface area (Å²) < 4.78 is 31.7. The fourth-order valence-corrected chi connectivity index (χ4v) is 1.40. The summed E-state index contributed by atoms with van der Waals surface area (Å²) in [6, 6.07) is -4.31. The average molecular weight is 464 g/mol. The number of amides is 3. The predicted octanol–water partition coefficient (Wildman–Crippen LogP) is -4.52. The standard InChI is InChI=1S/C12H22N4O8.C2HF3O2/c1-5(19)9(13)11(22)14-2-8(20)15-6(3-17)10(21)16-7(4-18)12(23)24;3-2(4,5)1(6)7/h5-7,9,17-19H,2-4,13H2,1H3,(H,14,22)(H,15,20)(H,16,21)(H,23,24);(H,6,7)/t5-,6-,7-,9-;/m0./s1. The normalized spacial score (nSPS) is 14.6. The topological polar surface area (TPSA) is 249 Å². The Bertz CT molecular complexity index is 644. The summed E-state index contributed by atoms with van der Waals surface area (Å²) in [5.74, 6) is -6.93. The molecule has 10 N–H and O–H groups in total. The van der Waals surface area contributed by atoms with Crippen LogP contribution in [0, 0.1) is 0 Å². The third-order valence-electron chi connectivity index (χ3n) is 3.12. The van der Waals surface area contributed by atoms with Gasteiger partial charge in [-0.25, -0.2) is 9.59 Å². The number of nitrogens with two attached hydrogens (primary N) is 1. The number of carboxylic acid groups (broad SMARTS) is 2. The van der Waals surface area contributed by atoms with Crippen molar-refractivity contribution in [3.8, 4) is 0 Å². The maximum atomic E-state index is 11.7. The average Bonchev–Trinajstić information content (AvgIpc) is 2.66. The number of hydrogen-bond acceptors (Lipinski definition) is 9. The van der Waals surface area contributed by atoms with E-state index in [1.54, 1.807) is 0 Å². The van der Waals surface area contributed by atoms with Crippen LogP contribution in [0.1, 0.15) is 6.92 Å². The molecule has 0 aromatic rings. The Balaban J connectivity index is 0. The Labute approximate surface area is 172 Å². The summed E-state index contributed by atoms with van der Waals surface area (Å²) in [7, 11) is 0. The van der Waals surface area contributed by atoms with Crippen LogP contribution in [-0.2, 0) is 24.0 Å². The van der Waals surface area contributed by atoms with E-state index in [0.717, 1.165) is 0 Å². The molecule has 4 atom stereocenters. The van der Waals surface area contributed by atoms with E-state index in [2.05, 4.69) is 10.6 Å². The van der Waals surface area contributed by atoms with Crippen LogP contribution in [0.5, 0.6) is 0 Å². The number of nitrogens with one attached hydrogen (secondary N) is 3. The quantitative estimate of drug-likeness (QED) is 0.149. The maximum Gasteiger partial charge on any atom is 0.490 e. The van der Waals surface area contributed by atoms with Gasteiger partial charge in [-0.2, -0.15) is 13.2 Å². The van der Waals surface area contributed by atoms with Crippen molar-refractivity contribution < 1.29 is 62.7 Å². The number of halogens is 3. The molecular weight excluding hydrogens is 441 g/mol. The monoisotopic (exact) mass is 464 g/mol. The van der Waals surface area contributed by atoms with Crippen molar-refractivity contribution in [2.45, 2.75) is 37.3 Å². The molecule has 17 heteroatoms. The SMILES string of the molecule is C[C@H](O)[C@H](N)C(=O)NCC(=O)N[C@@H](CO)C(=O)N[C@@H](CO)C(=O)O.O=C(O)C(F)(F)F. The molecule has 14 nitrogen and oxygen atoms in total. The molecule has 31 heavy (non-hydrogen) atoms. The lowest BCUT2D eigenvalue weighted by Crippen LogP contribution is -2.56. The fourth-order valence-electron chi connectivity index (χ4n) is 1.40. The number of carboxylic acids is 2. The van der Waals surface area contributed by atoms with E-state index in [1.165, 1.54) is 6.92 Å². The highest BCUT2D eigenvalue weighted by molar-refractivity contribution is 5.92. The summed E-state index contributed by atoms with van der Waals surface area (Å²) in [4.78, 5) is 54.4. The van der Waals surface area contributed by atoms with E-state index < -0.39 is 79.8 Å². The minimum atomic E-state index is -5.08. The Kier molecular flexibility index (Phi) is 13.7. The van der Waals surface area contributed by atoms with E-state index in [-0.39, 0.29) is 0 Å². The van der Waals surface area contributed by atoms with Crippen LogP contribution >= 0.6 is 0 Å². The van der Waals surface area contributed by atoms with Crippen molar-refractivity contribution in [2.24, 2.45) is 5.73 Å². The zero-order valence-electron chi connectivity index (χ0n) is 15.9. The number of rotatable bonds is 10. The molecule has 0 rings (SSSR count). The highest BCUT2D eigenvalue weighted by atomic mass is 19.4. The molecule has 0 aromatic heterocycles. The van der Waals surface area contributed by atoms with Crippen molar-refractivity contribution >= 4 is 29.7 Å². The molecule has 0 saturated carbocycles. The molecule has 0 aliphatic carbocycles. The van der Waals surface area contributed by atoms with Crippen LogP contribution in [0.3, 0.4) is 0 Å². The van der Waals surface area contributed by atoms with Crippen LogP contribution in [0.25, 0.3) is 0 Å². The first-order chi connectivity index (χ1) is 14.1. The molecule has 0 heterocycles. The second-order valence-electron chi connectivity index (χ2n) is 5.67. The number of aliphatic hydroxyl groups excluding tert-OH is 3. The lowest BCUT2D eigenvalue weighted by molar-refractivity contribution is -0.192. The highest BCUT2D eigenvalue weighted by Crippen LogP contribution is 2.13. The largest absolute Gasteiger partial charge is 0.490 e. The van der Waals surface area contributed by atoms with Gasteiger partial charge in [0.25, 0.3) is 0 Å². The molecule has 0 radical (unpaired) electrons. The number of carbonyl (C=O) groups excluding carboxylic acids is 3. The first-order valence-corrected chi connectivity index (χ1v) is 8.14. The lowest BCUT2D eigenvalue weighted by atomic mass is 10.2. The van der Waals surface area contributed by atoms with E-state index in [9.17, 15) is 32.3 Å². The van der Waals surface area contributed by atoms with Gasteiger partial charge in [-0.1, -0.05) is 0 Å². The Hall–Kier alpha value is -3.02. The van der Waals surface area contributed by atoms with Crippen molar-refractivity contribution in [3.63, 3.8) is 0 Å². The molecule has 180 valence electrons. The van der Waals surface area contributed by atoms with Gasteiger partial charge >= 0.3 is 18.1 Å². The third kappa shape index (κ3) is 13.0. The van der Waals surface area contributed by atoms with E-state index in [4.69, 9.17) is 36.1 Å². The zero-order valence-corrected chi connectivity index (χ0v) is 15.9. The van der Waals surface area contributed by atoms with Gasteiger partial charge in [0.05, 0.1) is 25.9 Å². The highest BCUT2D eigenvalue weighted by Gasteiger charge is 2.38. The second-order valence-corrected chi connectivity index (χ2v) is 5.67. The number of aliphatic carboxylic acids is 2. The summed E-state index contributed by atoms with van der Waals surface area (Å²) >= 11 is 0. The van der Waals surface area contributed by atoms with Crippen LogP contribution < -0.4 is 21.7 Å². The van der Waals surface area contributed by atoms with Crippen molar-refractivity contribution in [3.05, 3.63) is 0 Å². The van der Waals surface area contributed by atoms with Gasteiger partial charge in [-0.05, 0) is 6.92 Å². The molecule has 3 amide bonds. The molecule has 0 aromatic carbocycles. The van der Waals surface area contributed by atoms with Gasteiger partial charge in [0.15, 0.2) is 0 Å². The first-order valence-electron chi connectivity index (χ1n) is 8.14. The maximum absolute atomic E-state index is 11.7. The first kappa shape index (κ1) is 30.2. The number of aliphatic hydroxyl groups is 3. The lowest BCUT2D eigenvalue weighted by Gasteiger charge is -2.19. The molecule has 0 bridgehead atoms. The van der Waals surface area contributed by atoms with Crippen molar-refractivity contribution in [1.82, 2.24) is 16.0 Å². The van der Waals surface area contributed by atoms with Gasteiger partial charge in [0.2, 0.25) is 17.7 Å². The van der Waals surface area contributed by atoms with Gasteiger partial charge in [-0.15, -0.1) is 0 Å². The molecule has 0 spiro atoms. The van der Waals surface area contributed by atoms with Crippen LogP contribution in [0.15, 0.2) is 0 Å².